The van der Waals surface area contributed by atoms with Crippen molar-refractivity contribution in [1.82, 2.24) is 5.32 Å². The maximum atomic E-state index is 12.7. The van der Waals surface area contributed by atoms with E-state index in [9.17, 15) is 4.79 Å². The van der Waals surface area contributed by atoms with Gasteiger partial charge in [-0.3, -0.25) is 4.79 Å². The van der Waals surface area contributed by atoms with Crippen molar-refractivity contribution in [2.75, 3.05) is 21.3 Å². The van der Waals surface area contributed by atoms with Gasteiger partial charge in [-0.2, -0.15) is 0 Å². The second kappa shape index (κ2) is 10.2. The standard InChI is InChI=1S/C25H25NO4/c1-28-21-16-18(17-22(29-2)25(21)30-3)14-15-23(27)26-24(19-10-6-4-7-11-19)20-12-8-5-9-13-20/h4-17,24H,1-3H3,(H,26,27)/b15-14+. The van der Waals surface area contributed by atoms with Crippen LogP contribution in [0.3, 0.4) is 0 Å². The Hall–Kier alpha value is -3.73. The molecule has 5 nitrogen and oxygen atoms in total. The number of benzene rings is 3. The van der Waals surface area contributed by atoms with Crippen LogP contribution in [0.5, 0.6) is 17.2 Å². The molecule has 0 saturated heterocycles. The van der Waals surface area contributed by atoms with Crippen molar-refractivity contribution in [2.45, 2.75) is 6.04 Å². The van der Waals surface area contributed by atoms with Gasteiger partial charge in [0.05, 0.1) is 27.4 Å². The molecule has 30 heavy (non-hydrogen) atoms. The number of carbonyl (C=O) groups is 1. The van der Waals surface area contributed by atoms with Crippen molar-refractivity contribution >= 4 is 12.0 Å². The van der Waals surface area contributed by atoms with Crippen molar-refractivity contribution in [3.63, 3.8) is 0 Å². The molecule has 3 aromatic carbocycles. The van der Waals surface area contributed by atoms with Gasteiger partial charge < -0.3 is 19.5 Å². The van der Waals surface area contributed by atoms with Crippen molar-refractivity contribution in [1.29, 1.82) is 0 Å². The van der Waals surface area contributed by atoms with E-state index in [2.05, 4.69) is 5.32 Å². The number of ether oxygens (including phenoxy) is 3. The van der Waals surface area contributed by atoms with Crippen LogP contribution < -0.4 is 19.5 Å². The third-order valence-electron chi connectivity index (χ3n) is 4.67. The summed E-state index contributed by atoms with van der Waals surface area (Å²) in [5, 5.41) is 3.09. The van der Waals surface area contributed by atoms with Gasteiger partial charge in [0.2, 0.25) is 11.7 Å². The fourth-order valence-electron chi connectivity index (χ4n) is 3.21. The minimum Gasteiger partial charge on any atom is -0.493 e. The van der Waals surface area contributed by atoms with Crippen LogP contribution in [-0.4, -0.2) is 27.2 Å². The SMILES string of the molecule is COc1cc(/C=C/C(=O)NC(c2ccccc2)c2ccccc2)cc(OC)c1OC. The largest absolute Gasteiger partial charge is 0.493 e. The lowest BCUT2D eigenvalue weighted by Crippen LogP contribution is -2.27. The molecule has 0 heterocycles. The quantitative estimate of drug-likeness (QED) is 0.557. The van der Waals surface area contributed by atoms with Gasteiger partial charge in [0.25, 0.3) is 0 Å². The highest BCUT2D eigenvalue weighted by Gasteiger charge is 2.16. The predicted molar refractivity (Wildman–Crippen MR) is 118 cm³/mol. The molecule has 0 fully saturated rings. The summed E-state index contributed by atoms with van der Waals surface area (Å²) in [7, 11) is 4.67. The summed E-state index contributed by atoms with van der Waals surface area (Å²) in [4.78, 5) is 12.7. The molecule has 1 amide bonds. The minimum absolute atomic E-state index is 0.207. The van der Waals surface area contributed by atoms with Crippen molar-refractivity contribution in [2.24, 2.45) is 0 Å². The number of amides is 1. The summed E-state index contributed by atoms with van der Waals surface area (Å²) in [6, 6.07) is 23.1. The summed E-state index contributed by atoms with van der Waals surface area (Å²) < 4.78 is 16.1. The van der Waals surface area contributed by atoms with E-state index in [0.29, 0.717) is 17.2 Å². The van der Waals surface area contributed by atoms with Crippen molar-refractivity contribution < 1.29 is 19.0 Å². The highest BCUT2D eigenvalue weighted by Crippen LogP contribution is 2.38. The van der Waals surface area contributed by atoms with E-state index in [-0.39, 0.29) is 11.9 Å². The van der Waals surface area contributed by atoms with E-state index in [1.165, 1.54) is 6.08 Å². The zero-order valence-electron chi connectivity index (χ0n) is 17.3. The first-order valence-electron chi connectivity index (χ1n) is 9.54. The first-order chi connectivity index (χ1) is 14.7. The molecule has 0 bridgehead atoms. The van der Waals surface area contributed by atoms with Crippen LogP contribution in [0.4, 0.5) is 0 Å². The maximum Gasteiger partial charge on any atom is 0.244 e. The number of carbonyl (C=O) groups excluding carboxylic acids is 1. The van der Waals surface area contributed by atoms with Gasteiger partial charge in [-0.1, -0.05) is 60.7 Å². The smallest absolute Gasteiger partial charge is 0.244 e. The molecule has 0 aliphatic carbocycles. The molecule has 0 unspecified atom stereocenters. The van der Waals surface area contributed by atoms with Gasteiger partial charge in [0, 0.05) is 6.08 Å². The van der Waals surface area contributed by atoms with Crippen LogP contribution in [0.2, 0.25) is 0 Å². The summed E-state index contributed by atoms with van der Waals surface area (Å²) in [5.41, 5.74) is 2.78. The Balaban J connectivity index is 1.83. The second-order valence-electron chi connectivity index (χ2n) is 6.55. The van der Waals surface area contributed by atoms with Crippen LogP contribution in [0.15, 0.2) is 78.9 Å². The maximum absolute atomic E-state index is 12.7. The zero-order chi connectivity index (χ0) is 21.3. The first-order valence-corrected chi connectivity index (χ1v) is 9.54. The number of hydrogen-bond acceptors (Lipinski definition) is 4. The Bertz CT molecular complexity index is 936. The molecule has 5 heteroatoms. The van der Waals surface area contributed by atoms with Crippen molar-refractivity contribution in [3.8, 4) is 17.2 Å². The molecule has 154 valence electrons. The van der Waals surface area contributed by atoms with E-state index >= 15 is 0 Å². The summed E-state index contributed by atoms with van der Waals surface area (Å²) in [5.74, 6) is 1.36. The highest BCUT2D eigenvalue weighted by molar-refractivity contribution is 5.92. The van der Waals surface area contributed by atoms with Crippen LogP contribution in [0.25, 0.3) is 6.08 Å². The van der Waals surface area contributed by atoms with Crippen LogP contribution in [0, 0.1) is 0 Å². The monoisotopic (exact) mass is 403 g/mol. The van der Waals surface area contributed by atoms with Crippen molar-refractivity contribution in [3.05, 3.63) is 95.6 Å². The molecule has 0 aliphatic heterocycles. The average Bonchev–Trinajstić information content (AvgIpc) is 2.81. The van der Waals surface area contributed by atoms with Gasteiger partial charge >= 0.3 is 0 Å². The van der Waals surface area contributed by atoms with Crippen LogP contribution in [-0.2, 0) is 4.79 Å². The molecule has 0 spiro atoms. The van der Waals surface area contributed by atoms with E-state index in [1.807, 2.05) is 60.7 Å². The average molecular weight is 403 g/mol. The van der Waals surface area contributed by atoms with Crippen LogP contribution in [0.1, 0.15) is 22.7 Å². The predicted octanol–water partition coefficient (Wildman–Crippen LogP) is 4.63. The normalized spacial score (nSPS) is 10.8. The fraction of sp³-hybridized carbons (Fsp3) is 0.160. The van der Waals surface area contributed by atoms with E-state index in [0.717, 1.165) is 16.7 Å². The Morgan fingerprint density at radius 3 is 1.73 bits per heavy atom. The third kappa shape index (κ3) is 5.00. The molecule has 0 saturated carbocycles. The molecule has 0 aliphatic rings. The van der Waals surface area contributed by atoms with Gasteiger partial charge in [-0.25, -0.2) is 0 Å². The number of nitrogens with one attached hydrogen (secondary N) is 1. The highest BCUT2D eigenvalue weighted by atomic mass is 16.5. The minimum atomic E-state index is -0.246. The second-order valence-corrected chi connectivity index (χ2v) is 6.55. The Morgan fingerprint density at radius 2 is 1.30 bits per heavy atom. The molecule has 3 aromatic rings. The first kappa shape index (κ1) is 21.0. The molecule has 0 radical (unpaired) electrons. The fourth-order valence-corrected chi connectivity index (χ4v) is 3.21. The third-order valence-corrected chi connectivity index (χ3v) is 4.67. The molecule has 1 N–H and O–H groups in total. The van der Waals surface area contributed by atoms with Crippen LogP contribution >= 0.6 is 0 Å². The van der Waals surface area contributed by atoms with E-state index in [1.54, 1.807) is 39.5 Å². The molecular formula is C25H25NO4. The molecular weight excluding hydrogens is 378 g/mol. The Kier molecular flexibility index (Phi) is 7.11. The summed E-state index contributed by atoms with van der Waals surface area (Å²) in [6.45, 7) is 0. The lowest BCUT2D eigenvalue weighted by Gasteiger charge is -2.19. The number of methoxy groups -OCH3 is 3. The Labute approximate surface area is 176 Å². The lowest BCUT2D eigenvalue weighted by atomic mass is 9.98. The van der Waals surface area contributed by atoms with Gasteiger partial charge in [-0.05, 0) is 34.9 Å². The topological polar surface area (TPSA) is 56.8 Å². The number of rotatable bonds is 8. The van der Waals surface area contributed by atoms with E-state index < -0.39 is 0 Å². The summed E-state index contributed by atoms with van der Waals surface area (Å²) in [6.07, 6.45) is 3.21. The zero-order valence-corrected chi connectivity index (χ0v) is 17.3. The van der Waals surface area contributed by atoms with E-state index in [4.69, 9.17) is 14.2 Å². The Morgan fingerprint density at radius 1 is 0.800 bits per heavy atom. The van der Waals surface area contributed by atoms with Gasteiger partial charge in [0.1, 0.15) is 0 Å². The lowest BCUT2D eigenvalue weighted by molar-refractivity contribution is -0.116. The van der Waals surface area contributed by atoms with Gasteiger partial charge in [-0.15, -0.1) is 0 Å². The number of hydrogen-bond donors (Lipinski definition) is 1. The molecule has 0 atom stereocenters. The summed E-state index contributed by atoms with van der Waals surface area (Å²) >= 11 is 0. The molecule has 0 aromatic heterocycles. The van der Waals surface area contributed by atoms with Gasteiger partial charge in [0.15, 0.2) is 11.5 Å². The molecule has 3 rings (SSSR count).